The summed E-state index contributed by atoms with van der Waals surface area (Å²) in [7, 11) is -7.71. The molecule has 0 unspecified atom stereocenters. The number of sulfonamides is 1. The third kappa shape index (κ3) is 3.47. The Kier molecular flexibility index (Phi) is 4.47. The molecule has 1 aromatic rings. The highest BCUT2D eigenvalue weighted by Crippen LogP contribution is 2.22. The van der Waals surface area contributed by atoms with Crippen LogP contribution in [0.5, 0.6) is 0 Å². The van der Waals surface area contributed by atoms with Crippen molar-refractivity contribution in [3.63, 3.8) is 0 Å². The maximum atomic E-state index is 13.6. The topological polar surface area (TPSA) is 106 Å². The number of anilines is 1. The first kappa shape index (κ1) is 16.9. The minimum Gasteiger partial charge on any atom is -0.398 e. The average molecular weight is 324 g/mol. The summed E-state index contributed by atoms with van der Waals surface area (Å²) in [6.45, 7) is 2.35. The lowest BCUT2D eigenvalue weighted by molar-refractivity contribution is 0.532. The number of sulfone groups is 1. The minimum absolute atomic E-state index is 0.241. The number of benzene rings is 1. The van der Waals surface area contributed by atoms with Gasteiger partial charge in [-0.25, -0.2) is 25.9 Å². The highest BCUT2D eigenvalue weighted by atomic mass is 32.2. The summed E-state index contributed by atoms with van der Waals surface area (Å²) in [6, 6.07) is 3.50. The molecule has 0 aliphatic heterocycles. The highest BCUT2D eigenvalue weighted by Gasteiger charge is 2.33. The van der Waals surface area contributed by atoms with Gasteiger partial charge in [0.1, 0.15) is 10.7 Å². The predicted octanol–water partition coefficient (Wildman–Crippen LogP) is 0.509. The third-order valence-electron chi connectivity index (χ3n) is 2.96. The standard InChI is InChI=1S/C11H17FN2O4S2/c1-11(2,19(3,15)16)7-14-20(17,18)10-8(12)5-4-6-9(10)13/h4-6,14H,7,13H2,1-3H3. The molecule has 0 spiro atoms. The molecule has 0 radical (unpaired) electrons. The molecular weight excluding hydrogens is 307 g/mol. The van der Waals surface area contributed by atoms with Crippen LogP contribution in [-0.2, 0) is 19.9 Å². The molecule has 0 saturated heterocycles. The molecule has 1 rings (SSSR count). The molecular formula is C11H17FN2O4S2. The van der Waals surface area contributed by atoms with Crippen LogP contribution < -0.4 is 10.5 Å². The van der Waals surface area contributed by atoms with Crippen LogP contribution in [0.2, 0.25) is 0 Å². The smallest absolute Gasteiger partial charge is 0.245 e. The quantitative estimate of drug-likeness (QED) is 0.768. The van der Waals surface area contributed by atoms with Crippen molar-refractivity contribution in [2.45, 2.75) is 23.5 Å². The summed E-state index contributed by atoms with van der Waals surface area (Å²) in [5.74, 6) is -0.991. The van der Waals surface area contributed by atoms with E-state index in [2.05, 4.69) is 4.72 Å². The number of nitrogens with two attached hydrogens (primary N) is 1. The van der Waals surface area contributed by atoms with Crippen molar-refractivity contribution in [3.8, 4) is 0 Å². The van der Waals surface area contributed by atoms with E-state index in [0.717, 1.165) is 12.3 Å². The molecule has 9 heteroatoms. The number of hydrogen-bond donors (Lipinski definition) is 2. The van der Waals surface area contributed by atoms with E-state index >= 15 is 0 Å². The monoisotopic (exact) mass is 324 g/mol. The number of hydrogen-bond acceptors (Lipinski definition) is 5. The van der Waals surface area contributed by atoms with Gasteiger partial charge in [0.2, 0.25) is 10.0 Å². The second kappa shape index (κ2) is 5.30. The lowest BCUT2D eigenvalue weighted by atomic mass is 10.2. The van der Waals surface area contributed by atoms with Crippen molar-refractivity contribution in [1.29, 1.82) is 0 Å². The number of nitrogens with one attached hydrogen (secondary N) is 1. The summed E-state index contributed by atoms with van der Waals surface area (Å²) >= 11 is 0. The number of rotatable bonds is 5. The number of halogens is 1. The lowest BCUT2D eigenvalue weighted by Crippen LogP contribution is -2.43. The highest BCUT2D eigenvalue weighted by molar-refractivity contribution is 7.92. The van der Waals surface area contributed by atoms with Gasteiger partial charge in [0.05, 0.1) is 10.4 Å². The van der Waals surface area contributed by atoms with Crippen LogP contribution >= 0.6 is 0 Å². The largest absolute Gasteiger partial charge is 0.398 e. The maximum Gasteiger partial charge on any atom is 0.245 e. The van der Waals surface area contributed by atoms with Crippen molar-refractivity contribution >= 4 is 25.5 Å². The molecule has 1 aromatic carbocycles. The van der Waals surface area contributed by atoms with Gasteiger partial charge >= 0.3 is 0 Å². The summed E-state index contributed by atoms with van der Waals surface area (Å²) in [5.41, 5.74) is 5.21. The minimum atomic E-state index is -4.23. The van der Waals surface area contributed by atoms with Gasteiger partial charge in [-0.3, -0.25) is 0 Å². The second-order valence-electron chi connectivity index (χ2n) is 5.01. The Bertz CT molecular complexity index is 692. The maximum absolute atomic E-state index is 13.6. The summed E-state index contributed by atoms with van der Waals surface area (Å²) in [6.07, 6.45) is 0.999. The van der Waals surface area contributed by atoms with Crippen LogP contribution in [0, 0.1) is 5.82 Å². The van der Waals surface area contributed by atoms with Gasteiger partial charge in [0.15, 0.2) is 9.84 Å². The fourth-order valence-electron chi connectivity index (χ4n) is 1.28. The first-order valence-electron chi connectivity index (χ1n) is 5.62. The van der Waals surface area contributed by atoms with Crippen molar-refractivity contribution in [2.24, 2.45) is 0 Å². The molecule has 0 saturated carbocycles. The normalized spacial score (nSPS) is 13.4. The fourth-order valence-corrected chi connectivity index (χ4v) is 3.11. The second-order valence-corrected chi connectivity index (χ2v) is 9.37. The predicted molar refractivity (Wildman–Crippen MR) is 74.9 cm³/mol. The zero-order chi connectivity index (χ0) is 15.8. The van der Waals surface area contributed by atoms with Crippen LogP contribution in [0.4, 0.5) is 10.1 Å². The molecule has 114 valence electrons. The van der Waals surface area contributed by atoms with Crippen molar-refractivity contribution < 1.29 is 21.2 Å². The zero-order valence-corrected chi connectivity index (χ0v) is 13.0. The van der Waals surface area contributed by atoms with E-state index in [1.807, 2.05) is 0 Å². The van der Waals surface area contributed by atoms with Crippen LogP contribution in [0.3, 0.4) is 0 Å². The Hall–Kier alpha value is -1.19. The first-order valence-corrected chi connectivity index (χ1v) is 8.99. The SMILES string of the molecule is CC(C)(CNS(=O)(=O)c1c(N)cccc1F)S(C)(=O)=O. The summed E-state index contributed by atoms with van der Waals surface area (Å²) in [4.78, 5) is -0.677. The van der Waals surface area contributed by atoms with Gasteiger partial charge in [0, 0.05) is 12.8 Å². The van der Waals surface area contributed by atoms with E-state index in [4.69, 9.17) is 5.73 Å². The van der Waals surface area contributed by atoms with E-state index in [-0.39, 0.29) is 12.2 Å². The van der Waals surface area contributed by atoms with Crippen molar-refractivity contribution in [2.75, 3.05) is 18.5 Å². The molecule has 0 aromatic heterocycles. The molecule has 3 N–H and O–H groups in total. The molecule has 0 atom stereocenters. The van der Waals surface area contributed by atoms with Crippen molar-refractivity contribution in [1.82, 2.24) is 4.72 Å². The van der Waals surface area contributed by atoms with Crippen LogP contribution in [0.1, 0.15) is 13.8 Å². The Balaban J connectivity index is 3.10. The van der Waals surface area contributed by atoms with E-state index in [1.54, 1.807) is 0 Å². The number of nitrogen functional groups attached to an aromatic ring is 1. The third-order valence-corrected chi connectivity index (χ3v) is 6.60. The molecule has 0 fully saturated rings. The lowest BCUT2D eigenvalue weighted by Gasteiger charge is -2.23. The zero-order valence-electron chi connectivity index (χ0n) is 11.3. The van der Waals surface area contributed by atoms with E-state index < -0.39 is 35.3 Å². The van der Waals surface area contributed by atoms with Crippen molar-refractivity contribution in [3.05, 3.63) is 24.0 Å². The van der Waals surface area contributed by atoms with Gasteiger partial charge in [-0.15, -0.1) is 0 Å². The van der Waals surface area contributed by atoms with E-state index in [1.165, 1.54) is 26.0 Å². The van der Waals surface area contributed by atoms with Gasteiger partial charge in [0.25, 0.3) is 0 Å². The molecule has 0 heterocycles. The van der Waals surface area contributed by atoms with Gasteiger partial charge in [-0.1, -0.05) is 6.07 Å². The summed E-state index contributed by atoms with van der Waals surface area (Å²) in [5, 5.41) is 0. The van der Waals surface area contributed by atoms with E-state index in [0.29, 0.717) is 0 Å². The van der Waals surface area contributed by atoms with Gasteiger partial charge < -0.3 is 5.73 Å². The molecule has 0 bridgehead atoms. The Labute approximate surface area is 118 Å². The van der Waals surface area contributed by atoms with Gasteiger partial charge in [-0.05, 0) is 26.0 Å². The van der Waals surface area contributed by atoms with Gasteiger partial charge in [-0.2, -0.15) is 0 Å². The fraction of sp³-hybridized carbons (Fsp3) is 0.455. The molecule has 0 aliphatic carbocycles. The van der Waals surface area contributed by atoms with E-state index in [9.17, 15) is 21.2 Å². The van der Waals surface area contributed by atoms with Crippen LogP contribution in [-0.4, -0.2) is 34.4 Å². The van der Waals surface area contributed by atoms with Crippen LogP contribution in [0.15, 0.2) is 23.1 Å². The average Bonchev–Trinajstić information content (AvgIpc) is 2.24. The Morgan fingerprint density at radius 3 is 2.25 bits per heavy atom. The molecule has 0 aliphatic rings. The molecule has 20 heavy (non-hydrogen) atoms. The Morgan fingerprint density at radius 1 is 1.25 bits per heavy atom. The molecule has 0 amide bonds. The Morgan fingerprint density at radius 2 is 1.80 bits per heavy atom. The summed E-state index contributed by atoms with van der Waals surface area (Å²) < 4.78 is 61.4. The van der Waals surface area contributed by atoms with Crippen LogP contribution in [0.25, 0.3) is 0 Å². The first-order chi connectivity index (χ1) is 8.88. The molecule has 6 nitrogen and oxygen atoms in total.